The molecule has 2 N–H and O–H groups in total. The average molecular weight is 284 g/mol. The molecule has 20 heavy (non-hydrogen) atoms. The number of methoxy groups -OCH3 is 1. The zero-order valence-electron chi connectivity index (χ0n) is 11.5. The van der Waals surface area contributed by atoms with Crippen molar-refractivity contribution >= 4 is 18.0 Å². The van der Waals surface area contributed by atoms with Crippen LogP contribution in [0.4, 0.5) is 4.79 Å². The number of carboxylic acids is 1. The van der Waals surface area contributed by atoms with Crippen LogP contribution in [0.1, 0.15) is 32.1 Å². The highest BCUT2D eigenvalue weighted by atomic mass is 16.5. The van der Waals surface area contributed by atoms with Crippen LogP contribution in [0.15, 0.2) is 0 Å². The number of carbonyl (C=O) groups is 3. The van der Waals surface area contributed by atoms with Gasteiger partial charge in [-0.1, -0.05) is 0 Å². The fourth-order valence-corrected chi connectivity index (χ4v) is 3.35. The summed E-state index contributed by atoms with van der Waals surface area (Å²) in [5.41, 5.74) is 0. The van der Waals surface area contributed by atoms with Gasteiger partial charge in [-0.15, -0.1) is 0 Å². The van der Waals surface area contributed by atoms with Crippen molar-refractivity contribution in [3.8, 4) is 0 Å². The Morgan fingerprint density at radius 1 is 1.25 bits per heavy atom. The van der Waals surface area contributed by atoms with Crippen molar-refractivity contribution in [3.63, 3.8) is 0 Å². The van der Waals surface area contributed by atoms with Crippen LogP contribution < -0.4 is 5.32 Å². The van der Waals surface area contributed by atoms with Crippen LogP contribution in [0.5, 0.6) is 0 Å². The van der Waals surface area contributed by atoms with E-state index in [2.05, 4.69) is 10.1 Å². The fourth-order valence-electron chi connectivity index (χ4n) is 3.35. The molecule has 0 aromatic carbocycles. The molecule has 0 aromatic heterocycles. The molecule has 0 aromatic rings. The summed E-state index contributed by atoms with van der Waals surface area (Å²) < 4.78 is 4.48. The van der Waals surface area contributed by atoms with Gasteiger partial charge < -0.3 is 20.1 Å². The Kier molecular flexibility index (Phi) is 4.46. The smallest absolute Gasteiger partial charge is 0.325 e. The third-order valence-electron chi connectivity index (χ3n) is 4.14. The Hall–Kier alpha value is -1.79. The molecule has 0 aliphatic carbocycles. The lowest BCUT2D eigenvalue weighted by molar-refractivity contribution is -0.140. The van der Waals surface area contributed by atoms with Crippen LogP contribution in [-0.4, -0.2) is 53.7 Å². The molecule has 2 bridgehead atoms. The Bertz CT molecular complexity index is 398. The van der Waals surface area contributed by atoms with Gasteiger partial charge in [-0.3, -0.25) is 9.59 Å². The Labute approximate surface area is 117 Å². The number of aliphatic carboxylic acids is 1. The lowest BCUT2D eigenvalue weighted by Gasteiger charge is -2.38. The van der Waals surface area contributed by atoms with E-state index in [0.717, 1.165) is 25.7 Å². The standard InChI is InChI=1S/C13H20N2O5/c1-20-12(18)7-14-13(19)15-9-2-3-10(15)5-8(4-9)6-11(16)17/h8-10H,2-7H2,1H3,(H,14,19)(H,16,17). The van der Waals surface area contributed by atoms with Crippen molar-refractivity contribution in [2.75, 3.05) is 13.7 Å². The number of urea groups is 1. The molecule has 2 aliphatic rings. The predicted octanol–water partition coefficient (Wildman–Crippen LogP) is 0.587. The van der Waals surface area contributed by atoms with Crippen molar-refractivity contribution in [1.29, 1.82) is 0 Å². The highest BCUT2D eigenvalue weighted by Gasteiger charge is 2.43. The summed E-state index contributed by atoms with van der Waals surface area (Å²) >= 11 is 0. The van der Waals surface area contributed by atoms with E-state index in [1.165, 1.54) is 7.11 Å². The maximum absolute atomic E-state index is 12.1. The molecule has 2 rings (SSSR count). The number of nitrogens with zero attached hydrogens (tertiary/aromatic N) is 1. The third kappa shape index (κ3) is 3.20. The first-order chi connectivity index (χ1) is 9.51. The SMILES string of the molecule is COC(=O)CNC(=O)N1C2CCC1CC(CC(=O)O)C2. The van der Waals surface area contributed by atoms with Crippen LogP contribution in [0.2, 0.25) is 0 Å². The highest BCUT2D eigenvalue weighted by molar-refractivity contribution is 5.81. The van der Waals surface area contributed by atoms with E-state index in [-0.39, 0.29) is 37.0 Å². The molecular formula is C13H20N2O5. The van der Waals surface area contributed by atoms with Crippen LogP contribution >= 0.6 is 0 Å². The maximum atomic E-state index is 12.1. The summed E-state index contributed by atoms with van der Waals surface area (Å²) in [7, 11) is 1.27. The first-order valence-corrected chi connectivity index (χ1v) is 6.86. The second kappa shape index (κ2) is 6.11. The number of hydrogen-bond donors (Lipinski definition) is 2. The quantitative estimate of drug-likeness (QED) is 0.736. The number of hydrogen-bond acceptors (Lipinski definition) is 4. The molecule has 2 amide bonds. The predicted molar refractivity (Wildman–Crippen MR) is 69.0 cm³/mol. The Morgan fingerprint density at radius 3 is 2.35 bits per heavy atom. The van der Waals surface area contributed by atoms with E-state index in [1.807, 2.05) is 0 Å². The van der Waals surface area contributed by atoms with E-state index in [9.17, 15) is 14.4 Å². The van der Waals surface area contributed by atoms with E-state index in [4.69, 9.17) is 5.11 Å². The molecule has 112 valence electrons. The normalized spacial score (nSPS) is 28.1. The molecule has 0 radical (unpaired) electrons. The van der Waals surface area contributed by atoms with Gasteiger partial charge in [-0.05, 0) is 31.6 Å². The number of fused-ring (bicyclic) bond motifs is 2. The van der Waals surface area contributed by atoms with Crippen LogP contribution in [0, 0.1) is 5.92 Å². The summed E-state index contributed by atoms with van der Waals surface area (Å²) in [5, 5.41) is 11.4. The molecule has 2 fully saturated rings. The zero-order chi connectivity index (χ0) is 14.7. The number of esters is 1. The zero-order valence-corrected chi connectivity index (χ0v) is 11.5. The van der Waals surface area contributed by atoms with E-state index in [1.54, 1.807) is 4.90 Å². The van der Waals surface area contributed by atoms with E-state index < -0.39 is 11.9 Å². The summed E-state index contributed by atoms with van der Waals surface area (Å²) in [6.07, 6.45) is 3.45. The van der Waals surface area contributed by atoms with Gasteiger partial charge in [0, 0.05) is 18.5 Å². The topological polar surface area (TPSA) is 95.9 Å². The van der Waals surface area contributed by atoms with Crippen molar-refractivity contribution in [2.45, 2.75) is 44.2 Å². The average Bonchev–Trinajstić information content (AvgIpc) is 2.66. The Balaban J connectivity index is 1.90. The van der Waals surface area contributed by atoms with Gasteiger partial charge in [0.2, 0.25) is 0 Å². The molecule has 7 heteroatoms. The maximum Gasteiger partial charge on any atom is 0.325 e. The molecule has 0 spiro atoms. The second-order valence-corrected chi connectivity index (χ2v) is 5.46. The molecule has 2 aliphatic heterocycles. The minimum Gasteiger partial charge on any atom is -0.481 e. The fraction of sp³-hybridized carbons (Fsp3) is 0.769. The highest BCUT2D eigenvalue weighted by Crippen LogP contribution is 2.39. The molecular weight excluding hydrogens is 264 g/mol. The number of carbonyl (C=O) groups excluding carboxylic acids is 2. The Morgan fingerprint density at radius 2 is 1.85 bits per heavy atom. The van der Waals surface area contributed by atoms with Gasteiger partial charge in [0.1, 0.15) is 6.54 Å². The minimum atomic E-state index is -0.780. The van der Waals surface area contributed by atoms with E-state index in [0.29, 0.717) is 0 Å². The first-order valence-electron chi connectivity index (χ1n) is 6.86. The van der Waals surface area contributed by atoms with E-state index >= 15 is 0 Å². The summed E-state index contributed by atoms with van der Waals surface area (Å²) in [6, 6.07) is -0.0665. The third-order valence-corrected chi connectivity index (χ3v) is 4.14. The van der Waals surface area contributed by atoms with Gasteiger partial charge in [0.15, 0.2) is 0 Å². The lowest BCUT2D eigenvalue weighted by atomic mass is 9.88. The largest absolute Gasteiger partial charge is 0.481 e. The van der Waals surface area contributed by atoms with Crippen molar-refractivity contribution in [2.24, 2.45) is 5.92 Å². The van der Waals surface area contributed by atoms with Gasteiger partial charge >= 0.3 is 18.0 Å². The number of ether oxygens (including phenoxy) is 1. The molecule has 0 saturated carbocycles. The van der Waals surface area contributed by atoms with Crippen LogP contribution in [0.25, 0.3) is 0 Å². The molecule has 2 heterocycles. The number of rotatable bonds is 4. The van der Waals surface area contributed by atoms with Crippen LogP contribution in [-0.2, 0) is 14.3 Å². The first kappa shape index (κ1) is 14.6. The van der Waals surface area contributed by atoms with Crippen molar-refractivity contribution in [3.05, 3.63) is 0 Å². The molecule has 7 nitrogen and oxygen atoms in total. The molecule has 2 unspecified atom stereocenters. The second-order valence-electron chi connectivity index (χ2n) is 5.46. The molecule has 2 atom stereocenters. The number of amides is 2. The monoisotopic (exact) mass is 284 g/mol. The minimum absolute atomic E-state index is 0.0933. The summed E-state index contributed by atoms with van der Waals surface area (Å²) in [5.74, 6) is -1.11. The van der Waals surface area contributed by atoms with Gasteiger partial charge in [-0.2, -0.15) is 0 Å². The summed E-state index contributed by atoms with van der Waals surface area (Å²) in [4.78, 5) is 35.7. The number of nitrogens with one attached hydrogen (secondary N) is 1. The van der Waals surface area contributed by atoms with Gasteiger partial charge in [0.25, 0.3) is 0 Å². The number of carboxylic acid groups (broad SMARTS) is 1. The summed E-state index contributed by atoms with van der Waals surface area (Å²) in [6.45, 7) is -0.135. The van der Waals surface area contributed by atoms with Crippen LogP contribution in [0.3, 0.4) is 0 Å². The lowest BCUT2D eigenvalue weighted by Crippen LogP contribution is -2.51. The van der Waals surface area contributed by atoms with Gasteiger partial charge in [0.05, 0.1) is 7.11 Å². The number of piperidine rings is 1. The van der Waals surface area contributed by atoms with Gasteiger partial charge in [-0.25, -0.2) is 4.79 Å². The van der Waals surface area contributed by atoms with Crippen molar-refractivity contribution < 1.29 is 24.2 Å². The van der Waals surface area contributed by atoms with Crippen molar-refractivity contribution in [1.82, 2.24) is 10.2 Å². The molecule has 2 saturated heterocycles.